The van der Waals surface area contributed by atoms with Crippen LogP contribution in [-0.4, -0.2) is 26.2 Å². The number of amides is 1. The van der Waals surface area contributed by atoms with Crippen LogP contribution >= 0.6 is 11.8 Å². The largest absolute Gasteiger partial charge is 0.349 e. The van der Waals surface area contributed by atoms with Crippen molar-refractivity contribution in [2.75, 3.05) is 5.75 Å². The summed E-state index contributed by atoms with van der Waals surface area (Å²) in [7, 11) is 0. The molecule has 7 heteroatoms. The van der Waals surface area contributed by atoms with Gasteiger partial charge in [0.1, 0.15) is 11.0 Å². The zero-order valence-corrected chi connectivity index (χ0v) is 16.9. The topological polar surface area (TPSA) is 79.8 Å². The van der Waals surface area contributed by atoms with Gasteiger partial charge < -0.3 is 10.3 Å². The molecule has 2 aromatic heterocycles. The number of fused-ring (bicyclic) bond motifs is 3. The first-order chi connectivity index (χ1) is 14.1. The molecule has 29 heavy (non-hydrogen) atoms. The quantitative estimate of drug-likeness (QED) is 0.389. The molecule has 0 atom stereocenters. The highest BCUT2D eigenvalue weighted by Gasteiger charge is 2.18. The Morgan fingerprint density at radius 1 is 1.17 bits per heavy atom. The fraction of sp³-hybridized carbons (Fsp3) is 0.136. The van der Waals surface area contributed by atoms with E-state index in [0.29, 0.717) is 21.9 Å². The lowest BCUT2D eigenvalue weighted by Crippen LogP contribution is -2.25. The van der Waals surface area contributed by atoms with Gasteiger partial charge in [-0.2, -0.15) is 0 Å². The maximum absolute atomic E-state index is 13.4. The number of hydrogen-bond donors (Lipinski definition) is 2. The molecule has 4 rings (SSSR count). The minimum Gasteiger partial charge on any atom is -0.349 e. The summed E-state index contributed by atoms with van der Waals surface area (Å²) in [5.41, 5.74) is 3.23. The number of H-pyrrole nitrogens is 1. The van der Waals surface area contributed by atoms with E-state index in [1.54, 1.807) is 4.57 Å². The van der Waals surface area contributed by atoms with E-state index >= 15 is 0 Å². The third-order valence-corrected chi connectivity index (χ3v) is 5.55. The van der Waals surface area contributed by atoms with Gasteiger partial charge in [-0.05, 0) is 32.0 Å². The Kier molecular flexibility index (Phi) is 5.22. The summed E-state index contributed by atoms with van der Waals surface area (Å²) < 4.78 is 1.55. The number of rotatable bonds is 5. The monoisotopic (exact) mass is 404 g/mol. The van der Waals surface area contributed by atoms with Crippen molar-refractivity contribution < 1.29 is 4.79 Å². The van der Waals surface area contributed by atoms with Gasteiger partial charge in [-0.3, -0.25) is 14.2 Å². The molecule has 0 fully saturated rings. The molecule has 0 aliphatic heterocycles. The highest BCUT2D eigenvalue weighted by Crippen LogP contribution is 2.26. The van der Waals surface area contributed by atoms with Gasteiger partial charge in [0.15, 0.2) is 5.16 Å². The van der Waals surface area contributed by atoms with Crippen LogP contribution in [0.5, 0.6) is 0 Å². The predicted octanol–water partition coefficient (Wildman–Crippen LogP) is 4.00. The molecule has 0 aliphatic carbocycles. The molecular formula is C22H20N4O2S. The van der Waals surface area contributed by atoms with Gasteiger partial charge in [0.05, 0.1) is 11.4 Å². The molecule has 2 N–H and O–H groups in total. The van der Waals surface area contributed by atoms with E-state index < -0.39 is 0 Å². The molecule has 0 radical (unpaired) electrons. The number of allylic oxidation sites excluding steroid dienone is 2. The summed E-state index contributed by atoms with van der Waals surface area (Å²) in [6.45, 7) is 3.70. The number of aromatic amines is 1. The lowest BCUT2D eigenvalue weighted by molar-refractivity contribution is -0.117. The second kappa shape index (κ2) is 7.97. The van der Waals surface area contributed by atoms with Gasteiger partial charge in [-0.15, -0.1) is 0 Å². The molecule has 1 amide bonds. The van der Waals surface area contributed by atoms with Crippen molar-refractivity contribution in [1.82, 2.24) is 19.9 Å². The van der Waals surface area contributed by atoms with Gasteiger partial charge >= 0.3 is 0 Å². The molecule has 2 aromatic carbocycles. The Morgan fingerprint density at radius 3 is 2.66 bits per heavy atom. The highest BCUT2D eigenvalue weighted by molar-refractivity contribution is 7.99. The first kappa shape index (κ1) is 19.0. The predicted molar refractivity (Wildman–Crippen MR) is 117 cm³/mol. The van der Waals surface area contributed by atoms with Crippen LogP contribution in [0.1, 0.15) is 13.8 Å². The van der Waals surface area contributed by atoms with E-state index in [9.17, 15) is 9.59 Å². The van der Waals surface area contributed by atoms with E-state index in [0.717, 1.165) is 16.6 Å². The molecule has 0 aliphatic rings. The van der Waals surface area contributed by atoms with Crippen molar-refractivity contribution in [3.8, 4) is 5.69 Å². The first-order valence-corrected chi connectivity index (χ1v) is 10.2. The second-order valence-electron chi connectivity index (χ2n) is 6.57. The fourth-order valence-electron chi connectivity index (χ4n) is 3.10. The summed E-state index contributed by atoms with van der Waals surface area (Å²) in [6.07, 6.45) is 1.83. The van der Waals surface area contributed by atoms with Gasteiger partial charge in [0.25, 0.3) is 5.56 Å². The van der Waals surface area contributed by atoms with Crippen LogP contribution in [0, 0.1) is 0 Å². The van der Waals surface area contributed by atoms with Crippen molar-refractivity contribution in [3.05, 3.63) is 76.7 Å². The Labute approximate surface area is 171 Å². The number of para-hydroxylation sites is 2. The van der Waals surface area contributed by atoms with Gasteiger partial charge in [0, 0.05) is 16.6 Å². The molecule has 0 bridgehead atoms. The maximum Gasteiger partial charge on any atom is 0.283 e. The fourth-order valence-corrected chi connectivity index (χ4v) is 3.91. The zero-order chi connectivity index (χ0) is 20.4. The molecule has 0 spiro atoms. The minimum atomic E-state index is -0.190. The van der Waals surface area contributed by atoms with Crippen LogP contribution in [0.3, 0.4) is 0 Å². The normalized spacial score (nSPS) is 11.9. The zero-order valence-electron chi connectivity index (χ0n) is 16.1. The van der Waals surface area contributed by atoms with E-state index in [-0.39, 0.29) is 17.2 Å². The number of hydrogen-bond acceptors (Lipinski definition) is 4. The molecule has 0 saturated carbocycles. The Bertz CT molecular complexity index is 1290. The van der Waals surface area contributed by atoms with Crippen LogP contribution in [0.25, 0.3) is 27.6 Å². The smallest absolute Gasteiger partial charge is 0.283 e. The molecule has 0 unspecified atom stereocenters. The van der Waals surface area contributed by atoms with Crippen molar-refractivity contribution in [2.24, 2.45) is 0 Å². The summed E-state index contributed by atoms with van der Waals surface area (Å²) >= 11 is 1.24. The summed E-state index contributed by atoms with van der Waals surface area (Å²) in [5.74, 6) is 0.0108. The van der Waals surface area contributed by atoms with Gasteiger partial charge in [0.2, 0.25) is 5.91 Å². The third kappa shape index (κ3) is 3.69. The molecule has 6 nitrogen and oxygen atoms in total. The van der Waals surface area contributed by atoms with Crippen molar-refractivity contribution in [2.45, 2.75) is 19.0 Å². The lowest BCUT2D eigenvalue weighted by atomic mass is 10.2. The number of nitrogens with one attached hydrogen (secondary N) is 2. The summed E-state index contributed by atoms with van der Waals surface area (Å²) in [4.78, 5) is 33.6. The molecule has 4 aromatic rings. The highest BCUT2D eigenvalue weighted by atomic mass is 32.2. The summed E-state index contributed by atoms with van der Waals surface area (Å²) in [6, 6.07) is 17.0. The SMILES string of the molecule is C/C=C(\C)NC(=O)CSc1nc2c([nH]c3ccccc32)c(=O)n1-c1ccccc1. The van der Waals surface area contributed by atoms with Crippen molar-refractivity contribution >= 4 is 39.6 Å². The number of nitrogens with zero attached hydrogens (tertiary/aromatic N) is 2. The molecule has 2 heterocycles. The summed E-state index contributed by atoms with van der Waals surface area (Å²) in [5, 5.41) is 4.18. The van der Waals surface area contributed by atoms with Crippen molar-refractivity contribution in [1.29, 1.82) is 0 Å². The number of carbonyl (C=O) groups is 1. The third-order valence-electron chi connectivity index (χ3n) is 4.61. The lowest BCUT2D eigenvalue weighted by Gasteiger charge is -2.12. The average Bonchev–Trinajstić information content (AvgIpc) is 3.12. The van der Waals surface area contributed by atoms with Crippen LogP contribution in [-0.2, 0) is 4.79 Å². The van der Waals surface area contributed by atoms with E-state index in [1.807, 2.05) is 74.5 Å². The Balaban J connectivity index is 1.85. The molecule has 0 saturated heterocycles. The Morgan fingerprint density at radius 2 is 1.90 bits per heavy atom. The van der Waals surface area contributed by atoms with Gasteiger partial charge in [-0.25, -0.2) is 4.98 Å². The van der Waals surface area contributed by atoms with Gasteiger partial charge in [-0.1, -0.05) is 54.2 Å². The van der Waals surface area contributed by atoms with Crippen LogP contribution in [0.2, 0.25) is 0 Å². The molecule has 146 valence electrons. The average molecular weight is 404 g/mol. The second-order valence-corrected chi connectivity index (χ2v) is 7.52. The maximum atomic E-state index is 13.4. The number of carbonyl (C=O) groups excluding carboxylic acids is 1. The van der Waals surface area contributed by atoms with Crippen LogP contribution in [0.4, 0.5) is 0 Å². The Hall–Kier alpha value is -3.32. The van der Waals surface area contributed by atoms with Crippen molar-refractivity contribution in [3.63, 3.8) is 0 Å². The van der Waals surface area contributed by atoms with Crippen LogP contribution in [0.15, 0.2) is 76.3 Å². The van der Waals surface area contributed by atoms with Crippen LogP contribution < -0.4 is 10.9 Å². The van der Waals surface area contributed by atoms with E-state index in [4.69, 9.17) is 4.98 Å². The first-order valence-electron chi connectivity index (χ1n) is 9.23. The number of benzene rings is 2. The minimum absolute atomic E-state index is 0.140. The molecular weight excluding hydrogens is 384 g/mol. The van der Waals surface area contributed by atoms with E-state index in [2.05, 4.69) is 10.3 Å². The number of thioether (sulfide) groups is 1. The standard InChI is InChI=1S/C22H20N4O2S/c1-3-14(2)23-18(27)13-29-22-25-19-16-11-7-8-12-17(16)24-20(19)21(28)26(22)15-9-5-4-6-10-15/h3-12,24H,13H2,1-2H3,(H,23,27)/b14-3+. The number of aromatic nitrogens is 3. The van der Waals surface area contributed by atoms with E-state index in [1.165, 1.54) is 11.8 Å².